The third-order valence-corrected chi connectivity index (χ3v) is 7.39. The van der Waals surface area contributed by atoms with Crippen LogP contribution in [-0.4, -0.2) is 55.3 Å². The van der Waals surface area contributed by atoms with Crippen molar-refractivity contribution < 1.29 is 17.3 Å². The lowest BCUT2D eigenvalue weighted by Crippen LogP contribution is -2.22. The fraction of sp³-hybridized carbons (Fsp3) is 0.524. The topological polar surface area (TPSA) is 88.2 Å². The summed E-state index contributed by atoms with van der Waals surface area (Å²) >= 11 is 0. The average Bonchev–Trinajstić information content (AvgIpc) is 3.31. The quantitative estimate of drug-likeness (QED) is 0.241. The van der Waals surface area contributed by atoms with Gasteiger partial charge in [-0.2, -0.15) is 13.5 Å². The summed E-state index contributed by atoms with van der Waals surface area (Å²) in [6, 6.07) is 5.19. The summed E-state index contributed by atoms with van der Waals surface area (Å²) in [5.41, 5.74) is 2.92. The molecule has 0 aliphatic rings. The first-order valence-corrected chi connectivity index (χ1v) is 16.0. The molecule has 0 aliphatic heterocycles. The molecular weight excluding hydrogens is 432 g/mol. The van der Waals surface area contributed by atoms with E-state index in [2.05, 4.69) is 35.8 Å². The van der Waals surface area contributed by atoms with E-state index in [0.717, 1.165) is 41.1 Å². The van der Waals surface area contributed by atoms with E-state index in [4.69, 9.17) is 8.92 Å². The summed E-state index contributed by atoms with van der Waals surface area (Å²) in [5.74, 6) is 0. The Balaban J connectivity index is 1.70. The number of hydrogen-bond donors (Lipinski definition) is 0. The number of rotatable bonds is 11. The van der Waals surface area contributed by atoms with Crippen molar-refractivity contribution in [2.24, 2.45) is 0 Å². The minimum atomic E-state index is -3.43. The molecule has 3 heterocycles. The van der Waals surface area contributed by atoms with E-state index in [-0.39, 0.29) is 12.6 Å². The molecule has 0 fully saturated rings. The van der Waals surface area contributed by atoms with Crippen molar-refractivity contribution in [1.29, 1.82) is 0 Å². The van der Waals surface area contributed by atoms with Gasteiger partial charge in [-0.3, -0.25) is 8.86 Å². The zero-order chi connectivity index (χ0) is 22.6. The van der Waals surface area contributed by atoms with Crippen molar-refractivity contribution >= 4 is 29.2 Å². The number of pyridine rings is 1. The van der Waals surface area contributed by atoms with Crippen molar-refractivity contribution in [3.8, 4) is 11.1 Å². The molecule has 0 saturated heterocycles. The Bertz CT molecular complexity index is 1120. The second-order valence-electron chi connectivity index (χ2n) is 9.10. The third kappa shape index (κ3) is 6.73. The zero-order valence-electron chi connectivity index (χ0n) is 18.9. The molecule has 31 heavy (non-hydrogen) atoms. The number of fused-ring (bicyclic) bond motifs is 1. The molecule has 0 spiro atoms. The molecule has 0 N–H and O–H groups in total. The monoisotopic (exact) mass is 464 g/mol. The van der Waals surface area contributed by atoms with Crippen molar-refractivity contribution in [2.75, 3.05) is 19.5 Å². The van der Waals surface area contributed by atoms with Gasteiger partial charge in [0.2, 0.25) is 0 Å². The molecular formula is C21H32N4O4SSi. The van der Waals surface area contributed by atoms with Gasteiger partial charge in [-0.05, 0) is 37.1 Å². The highest BCUT2D eigenvalue weighted by atomic mass is 32.2. The average molecular weight is 465 g/mol. The van der Waals surface area contributed by atoms with Crippen LogP contribution in [0.4, 0.5) is 0 Å². The van der Waals surface area contributed by atoms with Crippen molar-refractivity contribution in [1.82, 2.24) is 19.3 Å². The second kappa shape index (κ2) is 9.64. The summed E-state index contributed by atoms with van der Waals surface area (Å²) in [6.07, 6.45) is 9.21. The molecule has 1 atom stereocenters. The van der Waals surface area contributed by atoms with E-state index >= 15 is 0 Å². The van der Waals surface area contributed by atoms with Gasteiger partial charge in [-0.25, -0.2) is 4.98 Å². The summed E-state index contributed by atoms with van der Waals surface area (Å²) < 4.78 is 36.9. The second-order valence-corrected chi connectivity index (χ2v) is 16.4. The number of hydrogen-bond acceptors (Lipinski definition) is 6. The van der Waals surface area contributed by atoms with Gasteiger partial charge >= 0.3 is 0 Å². The van der Waals surface area contributed by atoms with Crippen LogP contribution in [0.3, 0.4) is 0 Å². The summed E-state index contributed by atoms with van der Waals surface area (Å²) in [5, 5.41) is 5.51. The first-order valence-electron chi connectivity index (χ1n) is 10.4. The lowest BCUT2D eigenvalue weighted by atomic mass is 10.1. The van der Waals surface area contributed by atoms with Crippen LogP contribution in [0.5, 0.6) is 0 Å². The molecule has 3 aromatic heterocycles. The molecule has 0 aliphatic carbocycles. The fourth-order valence-corrected chi connectivity index (χ4v) is 4.36. The van der Waals surface area contributed by atoms with Gasteiger partial charge in [0.25, 0.3) is 10.1 Å². The molecule has 1 unspecified atom stereocenters. The Morgan fingerprint density at radius 2 is 1.97 bits per heavy atom. The minimum Gasteiger partial charge on any atom is -0.361 e. The van der Waals surface area contributed by atoms with E-state index in [9.17, 15) is 8.42 Å². The van der Waals surface area contributed by atoms with Crippen LogP contribution < -0.4 is 0 Å². The summed E-state index contributed by atoms with van der Waals surface area (Å²) in [7, 11) is -4.53. The van der Waals surface area contributed by atoms with Gasteiger partial charge in [0.1, 0.15) is 12.4 Å². The third-order valence-electron chi connectivity index (χ3n) is 5.09. The van der Waals surface area contributed by atoms with Gasteiger partial charge in [0, 0.05) is 44.2 Å². The van der Waals surface area contributed by atoms with Crippen LogP contribution in [0.1, 0.15) is 19.4 Å². The number of nitrogens with zero attached hydrogens (tertiary/aromatic N) is 4. The van der Waals surface area contributed by atoms with Crippen molar-refractivity contribution in [3.05, 3.63) is 36.9 Å². The highest BCUT2D eigenvalue weighted by Gasteiger charge is 2.15. The predicted molar refractivity (Wildman–Crippen MR) is 125 cm³/mol. The Hall–Kier alpha value is -2.01. The first kappa shape index (κ1) is 23.6. The van der Waals surface area contributed by atoms with Crippen LogP contribution in [0, 0.1) is 0 Å². The maximum absolute atomic E-state index is 11.1. The molecule has 3 rings (SSSR count). The SMILES string of the molecule is CC(CCOS(C)(=O)=O)n1cc(-c2ccnc3c2ccn3COCC[Si](C)(C)C)cn1. The summed E-state index contributed by atoms with van der Waals surface area (Å²) in [4.78, 5) is 4.55. The van der Waals surface area contributed by atoms with Gasteiger partial charge in [0.05, 0.1) is 25.1 Å². The largest absolute Gasteiger partial charge is 0.361 e. The lowest BCUT2D eigenvalue weighted by Gasteiger charge is -2.15. The zero-order valence-corrected chi connectivity index (χ0v) is 20.7. The van der Waals surface area contributed by atoms with E-state index in [1.807, 2.05) is 40.8 Å². The Kier molecular flexibility index (Phi) is 7.35. The van der Waals surface area contributed by atoms with Crippen LogP contribution in [-0.2, 0) is 25.8 Å². The Morgan fingerprint density at radius 3 is 2.68 bits per heavy atom. The van der Waals surface area contributed by atoms with E-state index in [0.29, 0.717) is 13.2 Å². The fourth-order valence-electron chi connectivity index (χ4n) is 3.21. The molecule has 0 saturated carbocycles. The molecule has 0 aromatic carbocycles. The predicted octanol–water partition coefficient (Wildman–Crippen LogP) is 4.14. The van der Waals surface area contributed by atoms with Crippen LogP contribution >= 0.6 is 0 Å². The van der Waals surface area contributed by atoms with Gasteiger partial charge < -0.3 is 9.30 Å². The molecule has 3 aromatic rings. The van der Waals surface area contributed by atoms with Crippen LogP contribution in [0.2, 0.25) is 25.7 Å². The van der Waals surface area contributed by atoms with Crippen LogP contribution in [0.25, 0.3) is 22.2 Å². The summed E-state index contributed by atoms with van der Waals surface area (Å²) in [6.45, 7) is 10.4. The van der Waals surface area contributed by atoms with Gasteiger partial charge in [0.15, 0.2) is 0 Å². The van der Waals surface area contributed by atoms with Crippen molar-refractivity contribution in [3.63, 3.8) is 0 Å². The van der Waals surface area contributed by atoms with Gasteiger partial charge in [-0.1, -0.05) is 19.6 Å². The normalized spacial score (nSPS) is 13.7. The van der Waals surface area contributed by atoms with Crippen molar-refractivity contribution in [2.45, 2.75) is 51.8 Å². The molecule has 0 amide bonds. The van der Waals surface area contributed by atoms with E-state index < -0.39 is 18.2 Å². The maximum Gasteiger partial charge on any atom is 0.264 e. The van der Waals surface area contributed by atoms with Crippen LogP contribution in [0.15, 0.2) is 36.9 Å². The van der Waals surface area contributed by atoms with E-state index in [1.54, 1.807) is 6.20 Å². The molecule has 8 nitrogen and oxygen atoms in total. The minimum absolute atomic E-state index is 0.0113. The standard InChI is InChI=1S/C21H32N4O4SSi/c1-17(8-11-29-30(2,26)27)25-15-18(14-23-25)19-6-9-22-21-20(19)7-10-24(21)16-28-12-13-31(3,4)5/h6-7,9-10,14-15,17H,8,11-13,16H2,1-5H3. The highest BCUT2D eigenvalue weighted by molar-refractivity contribution is 7.85. The number of aromatic nitrogens is 4. The lowest BCUT2D eigenvalue weighted by molar-refractivity contribution is 0.0899. The maximum atomic E-state index is 11.1. The number of ether oxygens (including phenoxy) is 1. The smallest absolute Gasteiger partial charge is 0.264 e. The molecule has 170 valence electrons. The van der Waals surface area contributed by atoms with E-state index in [1.165, 1.54) is 0 Å². The highest BCUT2D eigenvalue weighted by Crippen LogP contribution is 2.29. The van der Waals surface area contributed by atoms with Gasteiger partial charge in [-0.15, -0.1) is 0 Å². The Morgan fingerprint density at radius 1 is 1.19 bits per heavy atom. The first-order chi connectivity index (χ1) is 14.5. The molecule has 10 heteroatoms. The molecule has 0 radical (unpaired) electrons. The Labute approximate surface area is 185 Å². The molecule has 0 bridgehead atoms.